The summed E-state index contributed by atoms with van der Waals surface area (Å²) in [5.41, 5.74) is 0.0185. The molecule has 0 bridgehead atoms. The van der Waals surface area contributed by atoms with Gasteiger partial charge in [-0.3, -0.25) is 0 Å². The Hall–Kier alpha value is -0.770. The molecule has 0 N–H and O–H groups in total. The number of benzene rings is 1. The van der Waals surface area contributed by atoms with Crippen LogP contribution in [-0.4, -0.2) is 6.29 Å². The van der Waals surface area contributed by atoms with Crippen LogP contribution in [-0.2, 0) is 4.79 Å². The summed E-state index contributed by atoms with van der Waals surface area (Å²) in [6.45, 7) is 0. The zero-order valence-corrected chi connectivity index (χ0v) is 7.51. The van der Waals surface area contributed by atoms with Crippen LogP contribution in [0.1, 0.15) is 10.4 Å². The summed E-state index contributed by atoms with van der Waals surface area (Å²) in [5.74, 6) is -1.93. The van der Waals surface area contributed by atoms with E-state index in [2.05, 4.69) is 15.9 Å². The predicted octanol–water partition coefficient (Wildman–Crippen LogP) is 2.60. The Morgan fingerprint density at radius 2 is 2.08 bits per heavy atom. The minimum absolute atomic E-state index is 0.0185. The van der Waals surface area contributed by atoms with Gasteiger partial charge in [-0.15, -0.1) is 0 Å². The van der Waals surface area contributed by atoms with Gasteiger partial charge in [0.15, 0.2) is 11.6 Å². The second kappa shape index (κ2) is 3.76. The summed E-state index contributed by atoms with van der Waals surface area (Å²) in [6, 6.07) is 3.71. The predicted molar refractivity (Wildman–Crippen MR) is 44.1 cm³/mol. The quantitative estimate of drug-likeness (QED) is 0.568. The van der Waals surface area contributed by atoms with E-state index in [0.29, 0.717) is 6.29 Å². The van der Waals surface area contributed by atoms with Crippen molar-refractivity contribution in [1.82, 2.24) is 0 Å². The van der Waals surface area contributed by atoms with Crippen molar-refractivity contribution in [2.75, 3.05) is 0 Å². The zero-order valence-electron chi connectivity index (χ0n) is 5.93. The number of aldehydes is 1. The van der Waals surface area contributed by atoms with Crippen molar-refractivity contribution in [2.45, 2.75) is 4.83 Å². The second-order valence-electron chi connectivity index (χ2n) is 2.18. The highest BCUT2D eigenvalue weighted by Crippen LogP contribution is 2.24. The molecule has 0 radical (unpaired) electrons. The first-order chi connectivity index (χ1) is 5.66. The first-order valence-electron chi connectivity index (χ1n) is 3.20. The van der Waals surface area contributed by atoms with Crippen LogP contribution in [0.15, 0.2) is 18.2 Å². The van der Waals surface area contributed by atoms with Gasteiger partial charge in [0.2, 0.25) is 0 Å². The SMILES string of the molecule is O=CC(Br)c1cccc(F)c1F. The Morgan fingerprint density at radius 3 is 2.67 bits per heavy atom. The van der Waals surface area contributed by atoms with Crippen molar-refractivity contribution >= 4 is 22.2 Å². The van der Waals surface area contributed by atoms with Crippen LogP contribution in [0.2, 0.25) is 0 Å². The number of alkyl halides is 1. The number of halogens is 3. The van der Waals surface area contributed by atoms with Gasteiger partial charge in [0.05, 0.1) is 4.83 Å². The van der Waals surface area contributed by atoms with E-state index < -0.39 is 16.5 Å². The fraction of sp³-hybridized carbons (Fsp3) is 0.125. The summed E-state index contributed by atoms with van der Waals surface area (Å²) in [5, 5.41) is 0. The molecule has 64 valence electrons. The summed E-state index contributed by atoms with van der Waals surface area (Å²) < 4.78 is 25.4. The van der Waals surface area contributed by atoms with Crippen molar-refractivity contribution in [1.29, 1.82) is 0 Å². The molecule has 4 heteroatoms. The minimum atomic E-state index is -0.980. The van der Waals surface area contributed by atoms with E-state index in [1.54, 1.807) is 0 Å². The molecule has 0 aromatic heterocycles. The van der Waals surface area contributed by atoms with E-state index in [1.807, 2.05) is 0 Å². The van der Waals surface area contributed by atoms with Gasteiger partial charge in [0.25, 0.3) is 0 Å². The number of rotatable bonds is 2. The van der Waals surface area contributed by atoms with Gasteiger partial charge < -0.3 is 4.79 Å². The highest BCUT2D eigenvalue weighted by molar-refractivity contribution is 9.09. The molecular formula is C8H5BrF2O. The molecule has 1 aromatic carbocycles. The Kier molecular flexibility index (Phi) is 2.92. The molecule has 0 amide bonds. The highest BCUT2D eigenvalue weighted by Gasteiger charge is 2.13. The van der Waals surface area contributed by atoms with E-state index >= 15 is 0 Å². The van der Waals surface area contributed by atoms with Gasteiger partial charge in [0, 0.05) is 5.56 Å². The fourth-order valence-corrected chi connectivity index (χ4v) is 1.16. The summed E-state index contributed by atoms with van der Waals surface area (Å²) >= 11 is 2.90. The molecule has 0 fully saturated rings. The highest BCUT2D eigenvalue weighted by atomic mass is 79.9. The third-order valence-corrected chi connectivity index (χ3v) is 2.11. The first kappa shape index (κ1) is 9.32. The minimum Gasteiger partial charge on any atom is -0.302 e. The van der Waals surface area contributed by atoms with Crippen LogP contribution < -0.4 is 0 Å². The van der Waals surface area contributed by atoms with Crippen LogP contribution >= 0.6 is 15.9 Å². The van der Waals surface area contributed by atoms with Gasteiger partial charge >= 0.3 is 0 Å². The topological polar surface area (TPSA) is 17.1 Å². The molecule has 12 heavy (non-hydrogen) atoms. The average molecular weight is 235 g/mol. The molecule has 1 rings (SSSR count). The largest absolute Gasteiger partial charge is 0.302 e. The van der Waals surface area contributed by atoms with E-state index in [0.717, 1.165) is 6.07 Å². The van der Waals surface area contributed by atoms with E-state index in [1.165, 1.54) is 12.1 Å². The van der Waals surface area contributed by atoms with E-state index in [9.17, 15) is 13.6 Å². The molecule has 1 atom stereocenters. The number of carbonyl (C=O) groups excluding carboxylic acids is 1. The Morgan fingerprint density at radius 1 is 1.42 bits per heavy atom. The van der Waals surface area contributed by atoms with Crippen LogP contribution in [0.25, 0.3) is 0 Å². The lowest BCUT2D eigenvalue weighted by molar-refractivity contribution is -0.107. The molecular weight excluding hydrogens is 230 g/mol. The van der Waals surface area contributed by atoms with Crippen molar-refractivity contribution in [3.05, 3.63) is 35.4 Å². The molecule has 1 unspecified atom stereocenters. The standard InChI is InChI=1S/C8H5BrF2O/c9-6(4-12)5-2-1-3-7(10)8(5)11/h1-4,6H. The van der Waals surface area contributed by atoms with Gasteiger partial charge in [0.1, 0.15) is 6.29 Å². The van der Waals surface area contributed by atoms with Crippen molar-refractivity contribution in [3.63, 3.8) is 0 Å². The van der Waals surface area contributed by atoms with Gasteiger partial charge in [-0.2, -0.15) is 0 Å². The zero-order chi connectivity index (χ0) is 9.14. The molecule has 0 heterocycles. The molecule has 0 aliphatic rings. The van der Waals surface area contributed by atoms with Gasteiger partial charge in [-0.05, 0) is 6.07 Å². The summed E-state index contributed by atoms with van der Waals surface area (Å²) in [4.78, 5) is 9.45. The maximum Gasteiger partial charge on any atom is 0.163 e. The molecule has 0 aliphatic heterocycles. The van der Waals surface area contributed by atoms with Crippen LogP contribution in [0.4, 0.5) is 8.78 Å². The summed E-state index contributed by atoms with van der Waals surface area (Å²) in [6.07, 6.45) is 0.498. The number of carbonyl (C=O) groups is 1. The molecule has 0 saturated heterocycles. The normalized spacial score (nSPS) is 12.6. The lowest BCUT2D eigenvalue weighted by Crippen LogP contribution is -1.97. The Bertz CT molecular complexity index is 301. The van der Waals surface area contributed by atoms with Gasteiger partial charge in [-0.25, -0.2) is 8.78 Å². The van der Waals surface area contributed by atoms with Crippen LogP contribution in [0, 0.1) is 11.6 Å². The lowest BCUT2D eigenvalue weighted by atomic mass is 10.1. The molecule has 0 spiro atoms. The molecule has 1 nitrogen and oxygen atoms in total. The monoisotopic (exact) mass is 234 g/mol. The molecule has 0 saturated carbocycles. The average Bonchev–Trinajstić information content (AvgIpc) is 2.08. The maximum absolute atomic E-state index is 12.9. The van der Waals surface area contributed by atoms with Crippen LogP contribution in [0.5, 0.6) is 0 Å². The summed E-state index contributed by atoms with van der Waals surface area (Å²) in [7, 11) is 0. The van der Waals surface area contributed by atoms with E-state index in [4.69, 9.17) is 0 Å². The lowest BCUT2D eigenvalue weighted by Gasteiger charge is -2.03. The van der Waals surface area contributed by atoms with E-state index in [-0.39, 0.29) is 5.56 Å². The maximum atomic E-state index is 12.9. The van der Waals surface area contributed by atoms with Crippen molar-refractivity contribution in [3.8, 4) is 0 Å². The third-order valence-electron chi connectivity index (χ3n) is 1.40. The third kappa shape index (κ3) is 1.69. The smallest absolute Gasteiger partial charge is 0.163 e. The molecule has 0 aliphatic carbocycles. The fourth-order valence-electron chi connectivity index (χ4n) is 0.807. The van der Waals surface area contributed by atoms with Crippen molar-refractivity contribution in [2.24, 2.45) is 0 Å². The Labute approximate surface area is 76.5 Å². The van der Waals surface area contributed by atoms with Crippen molar-refractivity contribution < 1.29 is 13.6 Å². The molecule has 1 aromatic rings. The second-order valence-corrected chi connectivity index (χ2v) is 3.17. The first-order valence-corrected chi connectivity index (χ1v) is 4.11. The number of hydrogen-bond donors (Lipinski definition) is 0. The van der Waals surface area contributed by atoms with Crippen LogP contribution in [0.3, 0.4) is 0 Å². The Balaban J connectivity index is 3.15. The van der Waals surface area contributed by atoms with Gasteiger partial charge in [-0.1, -0.05) is 28.1 Å². The number of hydrogen-bond acceptors (Lipinski definition) is 1.